The quantitative estimate of drug-likeness (QED) is 0.885. The van der Waals surface area contributed by atoms with E-state index in [1.54, 1.807) is 25.4 Å². The van der Waals surface area contributed by atoms with Crippen LogP contribution in [0.15, 0.2) is 30.6 Å². The number of carbonyl (C=O) groups excluding carboxylic acids is 1. The highest BCUT2D eigenvalue weighted by molar-refractivity contribution is 5.92. The first-order valence-electron chi connectivity index (χ1n) is 6.24. The molecule has 0 radical (unpaired) electrons. The van der Waals surface area contributed by atoms with Gasteiger partial charge in [-0.25, -0.2) is 4.98 Å². The smallest absolute Gasteiger partial charge is 0.269 e. The molecule has 1 amide bonds. The van der Waals surface area contributed by atoms with Crippen LogP contribution in [0.25, 0.3) is 0 Å². The van der Waals surface area contributed by atoms with E-state index in [2.05, 4.69) is 15.3 Å². The molecule has 2 aromatic heterocycles. The lowest BCUT2D eigenvalue weighted by molar-refractivity contribution is 0.0958. The Hall–Kier alpha value is -2.63. The zero-order chi connectivity index (χ0) is 14.5. The molecule has 2 rings (SSSR count). The summed E-state index contributed by atoms with van der Waals surface area (Å²) >= 11 is 0. The number of amides is 1. The summed E-state index contributed by atoms with van der Waals surface area (Å²) in [4.78, 5) is 19.6. The summed E-state index contributed by atoms with van der Waals surface area (Å²) < 4.78 is 5.67. The molecule has 0 spiro atoms. The van der Waals surface area contributed by atoms with Crippen molar-refractivity contribution in [3.63, 3.8) is 0 Å². The molecule has 3 N–H and O–H groups in total. The Morgan fingerprint density at radius 3 is 2.85 bits per heavy atom. The lowest BCUT2D eigenvalue weighted by Crippen LogP contribution is -2.18. The minimum Gasteiger partial charge on any atom is -0.456 e. The second-order valence-corrected chi connectivity index (χ2v) is 4.13. The van der Waals surface area contributed by atoms with Gasteiger partial charge >= 0.3 is 0 Å². The van der Waals surface area contributed by atoms with Crippen molar-refractivity contribution in [3.05, 3.63) is 41.9 Å². The first kappa shape index (κ1) is 13.8. The van der Waals surface area contributed by atoms with Crippen molar-refractivity contribution >= 4 is 11.7 Å². The summed E-state index contributed by atoms with van der Waals surface area (Å²) in [6.07, 6.45) is 3.84. The number of aromatic nitrogens is 2. The molecule has 6 nitrogen and oxygen atoms in total. The van der Waals surface area contributed by atoms with Gasteiger partial charge in [0.2, 0.25) is 0 Å². The molecule has 2 heterocycles. The van der Waals surface area contributed by atoms with Crippen LogP contribution < -0.4 is 15.8 Å². The minimum atomic E-state index is -0.264. The van der Waals surface area contributed by atoms with Crippen molar-refractivity contribution in [2.75, 3.05) is 12.8 Å². The molecule has 0 aliphatic rings. The Morgan fingerprint density at radius 1 is 1.35 bits per heavy atom. The molecule has 0 aliphatic carbocycles. The van der Waals surface area contributed by atoms with E-state index in [0.717, 1.165) is 12.0 Å². The van der Waals surface area contributed by atoms with Crippen LogP contribution in [0, 0.1) is 0 Å². The van der Waals surface area contributed by atoms with Gasteiger partial charge in [0.05, 0.1) is 6.20 Å². The average molecular weight is 272 g/mol. The Labute approximate surface area is 117 Å². The molecule has 0 saturated heterocycles. The molecule has 2 aromatic rings. The highest BCUT2D eigenvalue weighted by Gasteiger charge is 2.08. The second kappa shape index (κ2) is 6.01. The highest BCUT2D eigenvalue weighted by Crippen LogP contribution is 2.23. The van der Waals surface area contributed by atoms with Crippen LogP contribution in [-0.4, -0.2) is 22.9 Å². The first-order valence-corrected chi connectivity index (χ1v) is 6.24. The number of nitrogens with zero attached hydrogens (tertiary/aromatic N) is 2. The highest BCUT2D eigenvalue weighted by atomic mass is 16.5. The zero-order valence-corrected chi connectivity index (χ0v) is 11.4. The average Bonchev–Trinajstić information content (AvgIpc) is 2.48. The maximum absolute atomic E-state index is 11.5. The van der Waals surface area contributed by atoms with E-state index in [1.807, 2.05) is 13.0 Å². The first-order chi connectivity index (χ1) is 9.63. The third kappa shape index (κ3) is 3.03. The Morgan fingerprint density at radius 2 is 2.15 bits per heavy atom. The maximum Gasteiger partial charge on any atom is 0.269 e. The number of nitrogens with one attached hydrogen (secondary N) is 1. The summed E-state index contributed by atoms with van der Waals surface area (Å²) in [6.45, 7) is 1.99. The molecule has 0 unspecified atom stereocenters. The molecule has 0 saturated carbocycles. The lowest BCUT2D eigenvalue weighted by Gasteiger charge is -2.09. The van der Waals surface area contributed by atoms with E-state index in [4.69, 9.17) is 10.5 Å². The molecule has 0 aliphatic heterocycles. The van der Waals surface area contributed by atoms with Crippen LogP contribution in [0.2, 0.25) is 0 Å². The number of hydrogen-bond donors (Lipinski definition) is 2. The number of nitrogen functional groups attached to an aromatic ring is 1. The van der Waals surface area contributed by atoms with Crippen LogP contribution >= 0.6 is 0 Å². The van der Waals surface area contributed by atoms with E-state index in [1.165, 1.54) is 6.20 Å². The van der Waals surface area contributed by atoms with E-state index in [0.29, 0.717) is 23.0 Å². The van der Waals surface area contributed by atoms with Gasteiger partial charge in [0, 0.05) is 19.3 Å². The molecular weight excluding hydrogens is 256 g/mol. The monoisotopic (exact) mass is 272 g/mol. The van der Waals surface area contributed by atoms with Crippen LogP contribution in [0.5, 0.6) is 11.5 Å². The maximum atomic E-state index is 11.5. The molecule has 0 fully saturated rings. The number of carbonyl (C=O) groups is 1. The molecule has 104 valence electrons. The predicted octanol–water partition coefficient (Wildman–Crippen LogP) is 1.77. The number of ether oxygens (including phenoxy) is 1. The number of pyridine rings is 2. The number of hydrogen-bond acceptors (Lipinski definition) is 5. The van der Waals surface area contributed by atoms with Gasteiger partial charge in [-0.15, -0.1) is 0 Å². The number of rotatable bonds is 4. The van der Waals surface area contributed by atoms with Crippen molar-refractivity contribution in [2.24, 2.45) is 0 Å². The predicted molar refractivity (Wildman–Crippen MR) is 75.7 cm³/mol. The third-order valence-corrected chi connectivity index (χ3v) is 2.78. The standard InChI is InChI=1S/C14H16N4O2/c1-3-9-6-11(8-18-13(9)15)20-10-4-5-17-12(7-10)14(19)16-2/h4-8H,3H2,1-2H3,(H2,15,18)(H,16,19). The largest absolute Gasteiger partial charge is 0.456 e. The van der Waals surface area contributed by atoms with E-state index in [-0.39, 0.29) is 5.91 Å². The SMILES string of the molecule is CCc1cc(Oc2ccnc(C(=O)NC)c2)cnc1N. The molecule has 0 aromatic carbocycles. The summed E-state index contributed by atoms with van der Waals surface area (Å²) in [6, 6.07) is 5.08. The van der Waals surface area contributed by atoms with Gasteiger partial charge in [-0.1, -0.05) is 6.92 Å². The van der Waals surface area contributed by atoms with E-state index < -0.39 is 0 Å². The van der Waals surface area contributed by atoms with Crippen molar-refractivity contribution in [3.8, 4) is 11.5 Å². The minimum absolute atomic E-state index is 0.264. The summed E-state index contributed by atoms with van der Waals surface area (Å²) in [7, 11) is 1.55. The van der Waals surface area contributed by atoms with Crippen molar-refractivity contribution in [1.29, 1.82) is 0 Å². The molecule has 20 heavy (non-hydrogen) atoms. The van der Waals surface area contributed by atoms with Crippen LogP contribution in [-0.2, 0) is 6.42 Å². The topological polar surface area (TPSA) is 90.1 Å². The summed E-state index contributed by atoms with van der Waals surface area (Å²) in [5.74, 6) is 1.33. The number of anilines is 1. The van der Waals surface area contributed by atoms with Crippen molar-refractivity contribution < 1.29 is 9.53 Å². The number of nitrogens with two attached hydrogens (primary N) is 1. The fourth-order valence-corrected chi connectivity index (χ4v) is 1.70. The molecule has 6 heteroatoms. The van der Waals surface area contributed by atoms with Crippen LogP contribution in [0.1, 0.15) is 23.0 Å². The normalized spacial score (nSPS) is 10.1. The van der Waals surface area contributed by atoms with Gasteiger partial charge in [0.1, 0.15) is 23.0 Å². The van der Waals surface area contributed by atoms with Crippen molar-refractivity contribution in [1.82, 2.24) is 15.3 Å². The second-order valence-electron chi connectivity index (χ2n) is 4.13. The lowest BCUT2D eigenvalue weighted by atomic mass is 10.2. The van der Waals surface area contributed by atoms with Gasteiger partial charge in [0.25, 0.3) is 5.91 Å². The molecular formula is C14H16N4O2. The van der Waals surface area contributed by atoms with Gasteiger partial charge in [0.15, 0.2) is 0 Å². The van der Waals surface area contributed by atoms with Gasteiger partial charge in [-0.3, -0.25) is 9.78 Å². The Bertz CT molecular complexity index is 628. The van der Waals surface area contributed by atoms with Gasteiger partial charge in [-0.2, -0.15) is 0 Å². The summed E-state index contributed by atoms with van der Waals surface area (Å²) in [5, 5.41) is 2.51. The molecule has 0 bridgehead atoms. The molecule has 0 atom stereocenters. The van der Waals surface area contributed by atoms with Gasteiger partial charge < -0.3 is 15.8 Å². The van der Waals surface area contributed by atoms with E-state index >= 15 is 0 Å². The van der Waals surface area contributed by atoms with Crippen LogP contribution in [0.4, 0.5) is 5.82 Å². The van der Waals surface area contributed by atoms with Crippen LogP contribution in [0.3, 0.4) is 0 Å². The number of aryl methyl sites for hydroxylation is 1. The van der Waals surface area contributed by atoms with Crippen molar-refractivity contribution in [2.45, 2.75) is 13.3 Å². The zero-order valence-electron chi connectivity index (χ0n) is 11.4. The Kier molecular flexibility index (Phi) is 4.14. The van der Waals surface area contributed by atoms with E-state index in [9.17, 15) is 4.79 Å². The Balaban J connectivity index is 2.24. The van der Waals surface area contributed by atoms with Gasteiger partial charge in [-0.05, 0) is 24.1 Å². The fourth-order valence-electron chi connectivity index (χ4n) is 1.70. The third-order valence-electron chi connectivity index (χ3n) is 2.78. The summed E-state index contributed by atoms with van der Waals surface area (Å²) in [5.41, 5.74) is 6.96. The fraction of sp³-hybridized carbons (Fsp3) is 0.214.